The van der Waals surface area contributed by atoms with Crippen molar-refractivity contribution in [2.45, 2.75) is 0 Å². The zero-order valence-corrected chi connectivity index (χ0v) is 9.32. The minimum Gasteiger partial charge on any atom is -0.389 e. The second kappa shape index (κ2) is 9.03. The fourth-order valence-electron chi connectivity index (χ4n) is 0.703. The van der Waals surface area contributed by atoms with Crippen molar-refractivity contribution in [1.82, 2.24) is 0 Å². The van der Waals surface area contributed by atoms with Crippen LogP contribution in [0.5, 0.6) is 0 Å². The first-order valence-corrected chi connectivity index (χ1v) is 4.41. The molecule has 0 N–H and O–H groups in total. The molecule has 0 bridgehead atoms. The second-order valence-corrected chi connectivity index (χ2v) is 2.73. The molecule has 14 heavy (non-hydrogen) atoms. The first kappa shape index (κ1) is 13.5. The Hall–Kier alpha value is -0.545. The van der Waals surface area contributed by atoms with E-state index in [4.69, 9.17) is 11.6 Å². The Bertz CT molecular complexity index is 211. The van der Waals surface area contributed by atoms with E-state index in [1.54, 1.807) is 0 Å². The Kier molecular flexibility index (Phi) is 8.68. The van der Waals surface area contributed by atoms with E-state index < -0.39 is 7.32 Å². The van der Waals surface area contributed by atoms with Crippen LogP contribution in [0.2, 0.25) is 5.02 Å². The molecule has 5 heteroatoms. The third-order valence-electron chi connectivity index (χ3n) is 1.31. The van der Waals surface area contributed by atoms with E-state index in [2.05, 4.69) is 14.0 Å². The summed E-state index contributed by atoms with van der Waals surface area (Å²) in [5, 5.41) is 0.794. The first-order chi connectivity index (χ1) is 6.74. The smallest absolute Gasteiger partial charge is 0.389 e. The van der Waals surface area contributed by atoms with Crippen LogP contribution in [0.4, 0.5) is 0 Å². The van der Waals surface area contributed by atoms with E-state index in [0.29, 0.717) is 0 Å². The number of hydrogen-bond acceptors (Lipinski definition) is 3. The summed E-state index contributed by atoms with van der Waals surface area (Å²) in [7, 11) is 4.02. The largest absolute Gasteiger partial charge is 0.638 e. The van der Waals surface area contributed by atoms with Crippen molar-refractivity contribution in [3.8, 4) is 0 Å². The monoisotopic (exact) mass is 216 g/mol. The molecule has 0 aromatic heterocycles. The van der Waals surface area contributed by atoms with Gasteiger partial charge in [-0.3, -0.25) is 0 Å². The van der Waals surface area contributed by atoms with E-state index in [1.807, 2.05) is 30.3 Å². The quantitative estimate of drug-likeness (QED) is 0.726. The highest BCUT2D eigenvalue weighted by molar-refractivity contribution is 6.36. The van der Waals surface area contributed by atoms with Gasteiger partial charge in [0.2, 0.25) is 0 Å². The second-order valence-electron chi connectivity index (χ2n) is 2.29. The van der Waals surface area contributed by atoms with E-state index >= 15 is 0 Å². The summed E-state index contributed by atoms with van der Waals surface area (Å²) in [6.45, 7) is 0. The van der Waals surface area contributed by atoms with Gasteiger partial charge in [0.15, 0.2) is 0 Å². The van der Waals surface area contributed by atoms with E-state index in [1.165, 1.54) is 21.3 Å². The molecule has 1 rings (SSSR count). The summed E-state index contributed by atoms with van der Waals surface area (Å²) in [5.74, 6) is 0. The highest BCUT2D eigenvalue weighted by Gasteiger charge is 2.12. The van der Waals surface area contributed by atoms with Gasteiger partial charge < -0.3 is 14.0 Å². The van der Waals surface area contributed by atoms with Gasteiger partial charge in [0.05, 0.1) is 0 Å². The number of hydrogen-bond donors (Lipinski definition) is 0. The molecule has 0 fully saturated rings. The highest BCUT2D eigenvalue weighted by atomic mass is 35.5. The molecule has 0 radical (unpaired) electrons. The number of benzene rings is 1. The van der Waals surface area contributed by atoms with Crippen molar-refractivity contribution in [2.75, 3.05) is 21.3 Å². The molecule has 0 saturated heterocycles. The molecule has 0 atom stereocenters. The molecule has 0 aliphatic carbocycles. The molecule has 0 heterocycles. The van der Waals surface area contributed by atoms with Gasteiger partial charge in [-0.25, -0.2) is 0 Å². The Morgan fingerprint density at radius 2 is 1.36 bits per heavy atom. The van der Waals surface area contributed by atoms with Gasteiger partial charge >= 0.3 is 7.32 Å². The molecule has 78 valence electrons. The zero-order chi connectivity index (χ0) is 10.8. The van der Waals surface area contributed by atoms with Crippen molar-refractivity contribution in [3.63, 3.8) is 0 Å². The summed E-state index contributed by atoms with van der Waals surface area (Å²) in [6, 6.07) is 9.44. The fourth-order valence-corrected chi connectivity index (χ4v) is 0.849. The summed E-state index contributed by atoms with van der Waals surface area (Å²) >= 11 is 5.54. The minimum absolute atomic E-state index is 0.514. The van der Waals surface area contributed by atoms with Crippen LogP contribution >= 0.6 is 11.6 Å². The van der Waals surface area contributed by atoms with Gasteiger partial charge in [-0.15, -0.1) is 0 Å². The normalized spacial score (nSPS) is 8.86. The highest BCUT2D eigenvalue weighted by Crippen LogP contribution is 2.03. The Morgan fingerprint density at radius 3 is 1.50 bits per heavy atom. The Labute approximate surface area is 90.1 Å². The molecule has 0 unspecified atom stereocenters. The topological polar surface area (TPSA) is 27.7 Å². The van der Waals surface area contributed by atoms with Crippen LogP contribution in [0, 0.1) is 0 Å². The maximum Gasteiger partial charge on any atom is 0.638 e. The maximum absolute atomic E-state index is 5.54. The fraction of sp³-hybridized carbons (Fsp3) is 0.333. The first-order valence-electron chi connectivity index (χ1n) is 4.03. The van der Waals surface area contributed by atoms with Gasteiger partial charge in [0.25, 0.3) is 0 Å². The van der Waals surface area contributed by atoms with Crippen LogP contribution in [-0.2, 0) is 14.0 Å². The van der Waals surface area contributed by atoms with Crippen LogP contribution in [0.15, 0.2) is 30.3 Å². The molecule has 1 aromatic carbocycles. The zero-order valence-electron chi connectivity index (χ0n) is 8.57. The Balaban J connectivity index is 0.000000241. The lowest BCUT2D eigenvalue weighted by atomic mass is 10.2. The molecule has 0 aliphatic rings. The average molecular weight is 216 g/mol. The lowest BCUT2D eigenvalue weighted by Gasteiger charge is -2.01. The van der Waals surface area contributed by atoms with Crippen molar-refractivity contribution in [1.29, 1.82) is 0 Å². The summed E-state index contributed by atoms with van der Waals surface area (Å²) in [4.78, 5) is 0. The molecule has 0 spiro atoms. The van der Waals surface area contributed by atoms with E-state index in [0.717, 1.165) is 5.02 Å². The molecular weight excluding hydrogens is 202 g/mol. The van der Waals surface area contributed by atoms with Gasteiger partial charge in [-0.2, -0.15) is 0 Å². The van der Waals surface area contributed by atoms with Crippen LogP contribution < -0.4 is 0 Å². The third-order valence-corrected chi connectivity index (χ3v) is 1.56. The summed E-state index contributed by atoms with van der Waals surface area (Å²) in [6.07, 6.45) is 0. The van der Waals surface area contributed by atoms with Crippen LogP contribution in [0.1, 0.15) is 0 Å². The molecule has 0 saturated carbocycles. The van der Waals surface area contributed by atoms with Gasteiger partial charge in [0.1, 0.15) is 0 Å². The lowest BCUT2D eigenvalue weighted by Crippen LogP contribution is -2.21. The maximum atomic E-state index is 5.54. The van der Waals surface area contributed by atoms with Crippen molar-refractivity contribution < 1.29 is 14.0 Å². The molecule has 3 nitrogen and oxygen atoms in total. The molecule has 0 amide bonds. The lowest BCUT2D eigenvalue weighted by molar-refractivity contribution is 0.163. The standard InChI is InChI=1S/C6H5Cl.C3H9BO3/c7-6-4-2-1-3-5-6;1-5-4(6-2)7-3/h1-5H;1-3H3. The minimum atomic E-state index is -0.514. The van der Waals surface area contributed by atoms with E-state index in [-0.39, 0.29) is 0 Å². The third kappa shape index (κ3) is 6.92. The van der Waals surface area contributed by atoms with Crippen LogP contribution in [0.3, 0.4) is 0 Å². The number of rotatable bonds is 3. The Morgan fingerprint density at radius 1 is 0.929 bits per heavy atom. The van der Waals surface area contributed by atoms with E-state index in [9.17, 15) is 0 Å². The van der Waals surface area contributed by atoms with Crippen LogP contribution in [-0.4, -0.2) is 28.7 Å². The SMILES string of the molecule is COB(OC)OC.Clc1ccccc1. The average Bonchev–Trinajstić information content (AvgIpc) is 2.22. The predicted molar refractivity (Wildman–Crippen MR) is 58.2 cm³/mol. The summed E-state index contributed by atoms with van der Waals surface area (Å²) < 4.78 is 13.8. The number of halogens is 1. The van der Waals surface area contributed by atoms with Gasteiger partial charge in [-0.05, 0) is 12.1 Å². The van der Waals surface area contributed by atoms with Gasteiger partial charge in [0, 0.05) is 26.4 Å². The molecular formula is C9H14BClO3. The summed E-state index contributed by atoms with van der Waals surface area (Å²) in [5.41, 5.74) is 0. The predicted octanol–water partition coefficient (Wildman–Crippen LogP) is 2.25. The van der Waals surface area contributed by atoms with Crippen molar-refractivity contribution in [2.24, 2.45) is 0 Å². The molecule has 0 aliphatic heterocycles. The van der Waals surface area contributed by atoms with Crippen LogP contribution in [0.25, 0.3) is 0 Å². The van der Waals surface area contributed by atoms with Gasteiger partial charge in [-0.1, -0.05) is 29.8 Å². The van der Waals surface area contributed by atoms with Crippen molar-refractivity contribution >= 4 is 18.9 Å². The molecule has 1 aromatic rings. The van der Waals surface area contributed by atoms with Crippen molar-refractivity contribution in [3.05, 3.63) is 35.4 Å².